The average Bonchev–Trinajstić information content (AvgIpc) is 2.73. The Labute approximate surface area is 162 Å². The van der Waals surface area contributed by atoms with Gasteiger partial charge in [0, 0.05) is 23.7 Å². The highest BCUT2D eigenvalue weighted by atomic mass is 16.5. The Kier molecular flexibility index (Phi) is 5.37. The van der Waals surface area contributed by atoms with Gasteiger partial charge in [0.25, 0.3) is 5.91 Å². The van der Waals surface area contributed by atoms with Crippen LogP contribution in [0, 0.1) is 0 Å². The van der Waals surface area contributed by atoms with E-state index in [1.807, 2.05) is 18.2 Å². The first-order chi connectivity index (χ1) is 13.7. The summed E-state index contributed by atoms with van der Waals surface area (Å²) in [7, 11) is 0. The van der Waals surface area contributed by atoms with Gasteiger partial charge in [-0.1, -0.05) is 25.3 Å². The summed E-state index contributed by atoms with van der Waals surface area (Å²) >= 11 is 0. The van der Waals surface area contributed by atoms with Crippen molar-refractivity contribution in [3.63, 3.8) is 0 Å². The van der Waals surface area contributed by atoms with Crippen molar-refractivity contribution in [3.05, 3.63) is 70.6 Å². The number of aromatic nitrogens is 1. The molecule has 1 aromatic carbocycles. The van der Waals surface area contributed by atoms with Crippen LogP contribution in [-0.4, -0.2) is 23.1 Å². The summed E-state index contributed by atoms with van der Waals surface area (Å²) in [6.45, 7) is -0.134. The maximum Gasteiger partial charge on any atom is 0.336 e. The highest BCUT2D eigenvalue weighted by Crippen LogP contribution is 2.20. The van der Waals surface area contributed by atoms with Crippen molar-refractivity contribution in [2.24, 2.45) is 4.99 Å². The molecule has 0 radical (unpaired) electrons. The molecule has 1 aliphatic rings. The highest BCUT2D eigenvalue weighted by Gasteiger charge is 2.13. The van der Waals surface area contributed by atoms with Crippen molar-refractivity contribution in [1.29, 1.82) is 0 Å². The second kappa shape index (κ2) is 8.25. The molecule has 28 heavy (non-hydrogen) atoms. The number of carbonyl (C=O) groups is 1. The molecule has 6 nitrogen and oxygen atoms in total. The van der Waals surface area contributed by atoms with Gasteiger partial charge in [-0.25, -0.2) is 4.79 Å². The van der Waals surface area contributed by atoms with E-state index in [-0.39, 0.29) is 18.6 Å². The number of fused-ring (bicyclic) bond motifs is 1. The predicted molar refractivity (Wildman–Crippen MR) is 105 cm³/mol. The minimum atomic E-state index is -0.422. The van der Waals surface area contributed by atoms with E-state index in [4.69, 9.17) is 14.1 Å². The lowest BCUT2D eigenvalue weighted by atomic mass is 9.96. The summed E-state index contributed by atoms with van der Waals surface area (Å²) in [4.78, 5) is 28.9. The maximum atomic E-state index is 12.7. The smallest absolute Gasteiger partial charge is 0.336 e. The number of nitrogens with zero attached hydrogens (tertiary/aromatic N) is 2. The topological polar surface area (TPSA) is 73.8 Å². The van der Waals surface area contributed by atoms with Crippen LogP contribution >= 0.6 is 0 Å². The first-order valence-electron chi connectivity index (χ1n) is 9.60. The summed E-state index contributed by atoms with van der Waals surface area (Å²) < 4.78 is 12.3. The first kappa shape index (κ1) is 18.2. The van der Waals surface area contributed by atoms with Crippen LogP contribution in [0.15, 0.2) is 68.9 Å². The van der Waals surface area contributed by atoms with Gasteiger partial charge in [-0.05, 0) is 43.2 Å². The van der Waals surface area contributed by atoms with Crippen molar-refractivity contribution in [1.82, 2.24) is 4.57 Å². The molecule has 0 atom stereocenters. The van der Waals surface area contributed by atoms with Crippen LogP contribution in [0.3, 0.4) is 0 Å². The Morgan fingerprint density at radius 2 is 1.93 bits per heavy atom. The third-order valence-corrected chi connectivity index (χ3v) is 4.95. The normalized spacial score (nSPS) is 15.6. The summed E-state index contributed by atoms with van der Waals surface area (Å²) in [5.41, 5.74) is 0.667. The van der Waals surface area contributed by atoms with E-state index in [0.717, 1.165) is 18.2 Å². The van der Waals surface area contributed by atoms with E-state index in [2.05, 4.69) is 0 Å². The van der Waals surface area contributed by atoms with Crippen LogP contribution in [0.2, 0.25) is 0 Å². The van der Waals surface area contributed by atoms with Crippen molar-refractivity contribution in [2.75, 3.05) is 6.61 Å². The van der Waals surface area contributed by atoms with Crippen LogP contribution < -0.4 is 15.9 Å². The molecule has 1 aliphatic carbocycles. The van der Waals surface area contributed by atoms with E-state index in [0.29, 0.717) is 16.8 Å². The molecule has 1 fully saturated rings. The van der Waals surface area contributed by atoms with Gasteiger partial charge >= 0.3 is 5.63 Å². The Bertz CT molecular complexity index is 1110. The van der Waals surface area contributed by atoms with E-state index in [1.54, 1.807) is 30.5 Å². The minimum absolute atomic E-state index is 0.134. The first-order valence-corrected chi connectivity index (χ1v) is 9.60. The Morgan fingerprint density at radius 3 is 2.79 bits per heavy atom. The van der Waals surface area contributed by atoms with Crippen LogP contribution in [0.4, 0.5) is 0 Å². The fourth-order valence-corrected chi connectivity index (χ4v) is 3.49. The number of carbonyl (C=O) groups excluding carboxylic acids is 1. The quantitative estimate of drug-likeness (QED) is 0.651. The number of benzene rings is 1. The van der Waals surface area contributed by atoms with Gasteiger partial charge in [-0.2, -0.15) is 0 Å². The van der Waals surface area contributed by atoms with E-state index >= 15 is 0 Å². The van der Waals surface area contributed by atoms with Crippen molar-refractivity contribution < 1.29 is 13.9 Å². The molecular weight excluding hydrogens is 356 g/mol. The van der Waals surface area contributed by atoms with Gasteiger partial charge < -0.3 is 9.15 Å². The molecule has 6 heteroatoms. The summed E-state index contributed by atoms with van der Waals surface area (Å²) in [6, 6.07) is 14.0. The molecule has 0 unspecified atom stereocenters. The lowest BCUT2D eigenvalue weighted by Gasteiger charge is -2.17. The Hall–Kier alpha value is -3.15. The molecule has 1 saturated carbocycles. The molecule has 0 aliphatic heterocycles. The van der Waals surface area contributed by atoms with Crippen molar-refractivity contribution >= 4 is 16.9 Å². The molecule has 0 N–H and O–H groups in total. The molecule has 0 saturated heterocycles. The van der Waals surface area contributed by atoms with Crippen LogP contribution in [-0.2, 0) is 0 Å². The summed E-state index contributed by atoms with van der Waals surface area (Å²) in [5, 5.41) is 0.796. The zero-order valence-electron chi connectivity index (χ0n) is 15.5. The van der Waals surface area contributed by atoms with E-state index in [1.165, 1.54) is 29.9 Å². The number of hydrogen-bond donors (Lipinski definition) is 0. The average molecular weight is 378 g/mol. The molecule has 4 rings (SSSR count). The molecule has 144 valence electrons. The van der Waals surface area contributed by atoms with Gasteiger partial charge in [0.15, 0.2) is 6.61 Å². The predicted octanol–water partition coefficient (Wildman–Crippen LogP) is 3.55. The van der Waals surface area contributed by atoms with Crippen molar-refractivity contribution in [3.8, 4) is 5.75 Å². The second-order valence-corrected chi connectivity index (χ2v) is 6.99. The zero-order valence-corrected chi connectivity index (χ0v) is 15.5. The van der Waals surface area contributed by atoms with Gasteiger partial charge in [-0.15, -0.1) is 0 Å². The van der Waals surface area contributed by atoms with Gasteiger partial charge in [0.05, 0.1) is 6.04 Å². The number of ether oxygens (including phenoxy) is 1. The molecule has 0 bridgehead atoms. The third kappa shape index (κ3) is 4.22. The number of hydrogen-bond acceptors (Lipinski definition) is 5. The second-order valence-electron chi connectivity index (χ2n) is 6.99. The minimum Gasteiger partial charge on any atom is -0.484 e. The van der Waals surface area contributed by atoms with E-state index in [9.17, 15) is 9.59 Å². The summed E-state index contributed by atoms with van der Waals surface area (Å²) in [5.74, 6) is 0.266. The van der Waals surface area contributed by atoms with Gasteiger partial charge in [-0.3, -0.25) is 14.4 Å². The van der Waals surface area contributed by atoms with E-state index < -0.39 is 5.63 Å². The zero-order chi connectivity index (χ0) is 19.3. The standard InChI is InChI=1S/C22H22N2O4/c25-21(15-27-18-11-9-16-10-12-22(26)28-19(16)14-18)24-13-5-4-8-20(24)23-17-6-2-1-3-7-17/h4-5,8-14,17H,1-3,6-7,15H2. The fourth-order valence-electron chi connectivity index (χ4n) is 3.49. The summed E-state index contributed by atoms with van der Waals surface area (Å²) in [6.07, 6.45) is 7.50. The van der Waals surface area contributed by atoms with Crippen molar-refractivity contribution in [2.45, 2.75) is 38.1 Å². The largest absolute Gasteiger partial charge is 0.484 e. The molecule has 2 heterocycles. The SMILES string of the molecule is O=C(COc1ccc2ccc(=O)oc2c1)n1ccccc1=NC1CCCCC1. The van der Waals surface area contributed by atoms with Crippen LogP contribution in [0.1, 0.15) is 36.9 Å². The van der Waals surface area contributed by atoms with Gasteiger partial charge in [0.2, 0.25) is 0 Å². The molecule has 0 spiro atoms. The highest BCUT2D eigenvalue weighted by molar-refractivity contribution is 5.81. The lowest BCUT2D eigenvalue weighted by Crippen LogP contribution is -2.32. The molecule has 3 aromatic rings. The fraction of sp³-hybridized carbons (Fsp3) is 0.318. The Balaban J connectivity index is 1.51. The molecule has 0 amide bonds. The van der Waals surface area contributed by atoms with Crippen LogP contribution in [0.25, 0.3) is 11.0 Å². The molecule has 2 aromatic heterocycles. The van der Waals surface area contributed by atoms with Gasteiger partial charge in [0.1, 0.15) is 16.8 Å². The molecular formula is C22H22N2O4. The third-order valence-electron chi connectivity index (χ3n) is 4.95. The Morgan fingerprint density at radius 1 is 1.11 bits per heavy atom. The number of pyridine rings is 1. The number of rotatable bonds is 4. The monoisotopic (exact) mass is 378 g/mol. The maximum absolute atomic E-state index is 12.7. The van der Waals surface area contributed by atoms with Crippen LogP contribution in [0.5, 0.6) is 5.75 Å². The lowest BCUT2D eigenvalue weighted by molar-refractivity contribution is 0.0831.